The molecule has 0 unspecified atom stereocenters. The largest absolute Gasteiger partial charge is 0.497 e. The van der Waals surface area contributed by atoms with Crippen molar-refractivity contribution in [2.45, 2.75) is 69.0 Å². The van der Waals surface area contributed by atoms with Crippen LogP contribution in [0.5, 0.6) is 5.75 Å². The molecule has 48 heavy (non-hydrogen) atoms. The molecule has 1 fully saturated rings. The minimum atomic E-state index is -4.26. The summed E-state index contributed by atoms with van der Waals surface area (Å²) in [4.78, 5) is 30.4. The van der Waals surface area contributed by atoms with Crippen LogP contribution in [-0.4, -0.2) is 50.9 Å². The van der Waals surface area contributed by atoms with Crippen LogP contribution >= 0.6 is 11.6 Å². The normalized spacial score (nSPS) is 14.1. The summed E-state index contributed by atoms with van der Waals surface area (Å²) in [6.45, 7) is 1.54. The highest BCUT2D eigenvalue weighted by Crippen LogP contribution is 2.28. The lowest BCUT2D eigenvalue weighted by Gasteiger charge is -2.35. The van der Waals surface area contributed by atoms with Crippen molar-refractivity contribution in [3.8, 4) is 5.75 Å². The van der Waals surface area contributed by atoms with Gasteiger partial charge in [-0.2, -0.15) is 0 Å². The van der Waals surface area contributed by atoms with Gasteiger partial charge < -0.3 is 15.0 Å². The van der Waals surface area contributed by atoms with E-state index in [0.29, 0.717) is 10.8 Å². The minimum Gasteiger partial charge on any atom is -0.497 e. The Bertz CT molecular complexity index is 1780. The average molecular weight is 688 g/mol. The van der Waals surface area contributed by atoms with Gasteiger partial charge in [0.25, 0.3) is 10.0 Å². The highest BCUT2D eigenvalue weighted by atomic mass is 35.5. The van der Waals surface area contributed by atoms with Gasteiger partial charge in [-0.15, -0.1) is 0 Å². The maximum atomic E-state index is 14.7. The van der Waals surface area contributed by atoms with Crippen LogP contribution in [-0.2, 0) is 32.6 Å². The highest BCUT2D eigenvalue weighted by Gasteiger charge is 2.35. The van der Waals surface area contributed by atoms with Crippen LogP contribution in [0.4, 0.5) is 5.69 Å². The number of benzene rings is 4. The topological polar surface area (TPSA) is 96.0 Å². The van der Waals surface area contributed by atoms with Gasteiger partial charge in [0, 0.05) is 24.0 Å². The first-order valence-corrected chi connectivity index (χ1v) is 18.1. The fourth-order valence-corrected chi connectivity index (χ4v) is 7.61. The molecule has 0 spiro atoms. The maximum absolute atomic E-state index is 14.7. The summed E-state index contributed by atoms with van der Waals surface area (Å²) in [5.74, 6) is -0.276. The number of amides is 2. The van der Waals surface area contributed by atoms with Crippen molar-refractivity contribution < 1.29 is 22.7 Å². The first-order valence-electron chi connectivity index (χ1n) is 16.3. The Morgan fingerprint density at radius 2 is 1.56 bits per heavy atom. The molecule has 4 aromatic carbocycles. The Hall–Kier alpha value is -4.34. The van der Waals surface area contributed by atoms with E-state index in [1.54, 1.807) is 30.3 Å². The number of nitrogens with one attached hydrogen (secondary N) is 1. The molecular formula is C38H42ClN3O5S. The van der Waals surface area contributed by atoms with Crippen molar-refractivity contribution >= 4 is 39.1 Å². The van der Waals surface area contributed by atoms with Gasteiger partial charge in [-0.1, -0.05) is 97.1 Å². The second-order valence-electron chi connectivity index (χ2n) is 12.2. The van der Waals surface area contributed by atoms with E-state index in [9.17, 15) is 18.0 Å². The van der Waals surface area contributed by atoms with Crippen molar-refractivity contribution in [3.63, 3.8) is 0 Å². The standard InChI is InChI=1S/C38H42ClN3O5S/c1-28-16-18-30(19-17-28)26-41(36(24-29-10-5-3-6-11-29)38(44)40-32-13-7-4-8-14-32)37(43)27-42(33-15-9-12-31(39)25-33)48(45,46)35-22-20-34(47-2)21-23-35/h3,5-6,9-12,15-23,25,32,36H,4,7-8,13-14,24,26-27H2,1-2H3,(H,40,44)/t36-/m0/s1. The third-order valence-corrected chi connectivity index (χ3v) is 10.7. The number of carbonyl (C=O) groups excluding carboxylic acids is 2. The highest BCUT2D eigenvalue weighted by molar-refractivity contribution is 7.92. The van der Waals surface area contributed by atoms with Crippen molar-refractivity contribution in [2.24, 2.45) is 0 Å². The molecule has 1 saturated carbocycles. The van der Waals surface area contributed by atoms with E-state index in [2.05, 4.69) is 5.32 Å². The van der Waals surface area contributed by atoms with Gasteiger partial charge >= 0.3 is 0 Å². The number of anilines is 1. The molecule has 0 saturated heterocycles. The number of nitrogens with zero attached hydrogens (tertiary/aromatic N) is 2. The van der Waals surface area contributed by atoms with E-state index in [4.69, 9.17) is 16.3 Å². The second-order valence-corrected chi connectivity index (χ2v) is 14.5. The first kappa shape index (κ1) is 35.0. The summed E-state index contributed by atoms with van der Waals surface area (Å²) in [6, 6.07) is 28.9. The zero-order valence-corrected chi connectivity index (χ0v) is 28.9. The summed E-state index contributed by atoms with van der Waals surface area (Å²) in [5.41, 5.74) is 3.00. The van der Waals surface area contributed by atoms with E-state index in [1.807, 2.05) is 61.5 Å². The number of carbonyl (C=O) groups is 2. The van der Waals surface area contributed by atoms with Crippen LogP contribution in [0.2, 0.25) is 5.02 Å². The van der Waals surface area contributed by atoms with Gasteiger partial charge in [-0.25, -0.2) is 8.42 Å². The van der Waals surface area contributed by atoms with Crippen LogP contribution < -0.4 is 14.4 Å². The zero-order valence-electron chi connectivity index (χ0n) is 27.3. The molecule has 0 radical (unpaired) electrons. The van der Waals surface area contributed by atoms with Gasteiger partial charge in [0.2, 0.25) is 11.8 Å². The molecule has 0 heterocycles. The Balaban J connectivity index is 1.56. The quantitative estimate of drug-likeness (QED) is 0.164. The molecule has 0 bridgehead atoms. The predicted molar refractivity (Wildman–Crippen MR) is 190 cm³/mol. The molecule has 252 valence electrons. The number of sulfonamides is 1. The molecule has 8 nitrogen and oxygen atoms in total. The third-order valence-electron chi connectivity index (χ3n) is 8.72. The molecule has 10 heteroatoms. The molecule has 5 rings (SSSR count). The van der Waals surface area contributed by atoms with E-state index >= 15 is 0 Å². The van der Waals surface area contributed by atoms with Crippen molar-refractivity contribution in [1.82, 2.24) is 10.2 Å². The Morgan fingerprint density at radius 1 is 0.875 bits per heavy atom. The molecule has 1 aliphatic carbocycles. The van der Waals surface area contributed by atoms with Crippen molar-refractivity contribution in [3.05, 3.63) is 125 Å². The molecular weight excluding hydrogens is 646 g/mol. The number of halogens is 1. The third kappa shape index (κ3) is 8.96. The first-order chi connectivity index (χ1) is 23.1. The van der Waals surface area contributed by atoms with Gasteiger partial charge in [-0.3, -0.25) is 13.9 Å². The monoisotopic (exact) mass is 687 g/mol. The lowest BCUT2D eigenvalue weighted by molar-refractivity contribution is -0.140. The van der Waals surface area contributed by atoms with Gasteiger partial charge in [-0.05, 0) is 73.4 Å². The number of ether oxygens (including phenoxy) is 1. The second kappa shape index (κ2) is 16.2. The molecule has 1 aliphatic rings. The molecule has 2 amide bonds. The summed E-state index contributed by atoms with van der Waals surface area (Å²) in [5, 5.41) is 3.55. The van der Waals surface area contributed by atoms with Gasteiger partial charge in [0.1, 0.15) is 18.3 Å². The summed E-state index contributed by atoms with van der Waals surface area (Å²) >= 11 is 6.33. The average Bonchev–Trinajstić information content (AvgIpc) is 3.10. The number of methoxy groups -OCH3 is 1. The molecule has 0 aromatic heterocycles. The summed E-state index contributed by atoms with van der Waals surface area (Å²) in [6.07, 6.45) is 5.26. The number of hydrogen-bond donors (Lipinski definition) is 1. The zero-order chi connectivity index (χ0) is 34.1. The smallest absolute Gasteiger partial charge is 0.264 e. The minimum absolute atomic E-state index is 0.0166. The number of hydrogen-bond acceptors (Lipinski definition) is 5. The van der Waals surface area contributed by atoms with Crippen molar-refractivity contribution in [1.29, 1.82) is 0 Å². The molecule has 0 aliphatic heterocycles. The SMILES string of the molecule is COc1ccc(S(=O)(=O)N(CC(=O)N(Cc2ccc(C)cc2)[C@@H](Cc2ccccc2)C(=O)NC2CCCCC2)c2cccc(Cl)c2)cc1. The van der Waals surface area contributed by atoms with Crippen LogP contribution in [0, 0.1) is 6.92 Å². The van der Waals surface area contributed by atoms with Crippen LogP contribution in [0.25, 0.3) is 0 Å². The van der Waals surface area contributed by atoms with E-state index in [-0.39, 0.29) is 35.5 Å². The lowest BCUT2D eigenvalue weighted by atomic mass is 9.94. The fraction of sp³-hybridized carbons (Fsp3) is 0.316. The van der Waals surface area contributed by atoms with Crippen molar-refractivity contribution in [2.75, 3.05) is 18.0 Å². The van der Waals surface area contributed by atoms with Crippen LogP contribution in [0.1, 0.15) is 48.8 Å². The number of aryl methyl sites for hydroxylation is 1. The molecule has 1 atom stereocenters. The molecule has 1 N–H and O–H groups in total. The maximum Gasteiger partial charge on any atom is 0.264 e. The number of rotatable bonds is 13. The van der Waals surface area contributed by atoms with E-state index in [0.717, 1.165) is 53.1 Å². The predicted octanol–water partition coefficient (Wildman–Crippen LogP) is 6.94. The Morgan fingerprint density at radius 3 is 2.21 bits per heavy atom. The van der Waals surface area contributed by atoms with Crippen LogP contribution in [0.3, 0.4) is 0 Å². The summed E-state index contributed by atoms with van der Waals surface area (Å²) in [7, 11) is -2.76. The summed E-state index contributed by atoms with van der Waals surface area (Å²) < 4.78 is 34.8. The Labute approximate surface area is 288 Å². The van der Waals surface area contributed by atoms with Gasteiger partial charge in [0.15, 0.2) is 0 Å². The molecule has 4 aromatic rings. The van der Waals surface area contributed by atoms with E-state index < -0.39 is 28.5 Å². The van der Waals surface area contributed by atoms with Gasteiger partial charge in [0.05, 0.1) is 17.7 Å². The van der Waals surface area contributed by atoms with Crippen LogP contribution in [0.15, 0.2) is 108 Å². The fourth-order valence-electron chi connectivity index (χ4n) is 6.02. The van der Waals surface area contributed by atoms with E-state index in [1.165, 1.54) is 30.2 Å². The lowest BCUT2D eigenvalue weighted by Crippen LogP contribution is -2.55. The Kier molecular flexibility index (Phi) is 11.8.